The van der Waals surface area contributed by atoms with Gasteiger partial charge in [-0.2, -0.15) is 13.2 Å². The van der Waals surface area contributed by atoms with Gasteiger partial charge < -0.3 is 4.90 Å². The van der Waals surface area contributed by atoms with Gasteiger partial charge in [0.25, 0.3) is 5.56 Å². The number of anilines is 1. The summed E-state index contributed by atoms with van der Waals surface area (Å²) in [5.41, 5.74) is -0.361. The van der Waals surface area contributed by atoms with Gasteiger partial charge in [0.2, 0.25) is 0 Å². The zero-order valence-electron chi connectivity index (χ0n) is 14.2. The predicted octanol–water partition coefficient (Wildman–Crippen LogP) is 3.48. The number of fused-ring (bicyclic) bond motifs is 3. The van der Waals surface area contributed by atoms with Crippen molar-refractivity contribution in [2.24, 2.45) is 0 Å². The first kappa shape index (κ1) is 17.4. The van der Waals surface area contributed by atoms with Crippen LogP contribution in [0, 0.1) is 0 Å². The summed E-state index contributed by atoms with van der Waals surface area (Å²) in [4.78, 5) is 28.2. The van der Waals surface area contributed by atoms with E-state index in [1.54, 1.807) is 4.90 Å². The summed E-state index contributed by atoms with van der Waals surface area (Å²) in [6, 6.07) is 4.37. The summed E-state index contributed by atoms with van der Waals surface area (Å²) >= 11 is 1.18. The highest BCUT2D eigenvalue weighted by atomic mass is 32.1. The van der Waals surface area contributed by atoms with Crippen LogP contribution in [0.3, 0.4) is 0 Å². The number of halogens is 3. The van der Waals surface area contributed by atoms with Crippen LogP contribution in [-0.4, -0.2) is 33.6 Å². The fourth-order valence-electron chi connectivity index (χ4n) is 2.78. The van der Waals surface area contributed by atoms with Gasteiger partial charge >= 0.3 is 6.18 Å². The van der Waals surface area contributed by atoms with E-state index in [2.05, 4.69) is 15.0 Å². The van der Waals surface area contributed by atoms with E-state index in [1.165, 1.54) is 40.7 Å². The Morgan fingerprint density at radius 1 is 1.07 bits per heavy atom. The normalized spacial score (nSPS) is 12.0. The first-order valence-corrected chi connectivity index (χ1v) is 8.59. The van der Waals surface area contributed by atoms with Crippen molar-refractivity contribution in [3.05, 3.63) is 52.8 Å². The summed E-state index contributed by atoms with van der Waals surface area (Å²) in [6.45, 7) is 0. The Kier molecular flexibility index (Phi) is 3.88. The van der Waals surface area contributed by atoms with Gasteiger partial charge in [-0.3, -0.25) is 9.36 Å². The summed E-state index contributed by atoms with van der Waals surface area (Å²) in [5, 5.41) is 0.680. The molecule has 27 heavy (non-hydrogen) atoms. The van der Waals surface area contributed by atoms with Gasteiger partial charge in [0.15, 0.2) is 0 Å². The first-order valence-electron chi connectivity index (χ1n) is 7.77. The molecule has 0 bridgehead atoms. The Balaban J connectivity index is 1.92. The molecule has 4 rings (SSSR count). The van der Waals surface area contributed by atoms with Crippen molar-refractivity contribution in [2.45, 2.75) is 6.18 Å². The molecule has 0 spiro atoms. The Morgan fingerprint density at radius 2 is 1.78 bits per heavy atom. The molecule has 4 aromatic rings. The van der Waals surface area contributed by atoms with E-state index in [4.69, 9.17) is 0 Å². The third-order valence-corrected chi connectivity index (χ3v) is 5.13. The van der Waals surface area contributed by atoms with Crippen LogP contribution in [0.25, 0.3) is 26.1 Å². The molecule has 3 heterocycles. The maximum atomic E-state index is 12.9. The Bertz CT molecular complexity index is 1210. The van der Waals surface area contributed by atoms with E-state index in [-0.39, 0.29) is 5.56 Å². The number of rotatable bonds is 2. The number of hydrogen-bond donors (Lipinski definition) is 0. The Labute approximate surface area is 154 Å². The molecule has 0 amide bonds. The van der Waals surface area contributed by atoms with Crippen LogP contribution in [0.1, 0.15) is 5.56 Å². The average Bonchev–Trinajstić information content (AvgIpc) is 3.01. The van der Waals surface area contributed by atoms with Gasteiger partial charge in [-0.05, 0) is 24.3 Å². The van der Waals surface area contributed by atoms with E-state index < -0.39 is 11.7 Å². The molecule has 0 aliphatic heterocycles. The van der Waals surface area contributed by atoms with Crippen LogP contribution < -0.4 is 10.5 Å². The van der Waals surface area contributed by atoms with Crippen molar-refractivity contribution in [2.75, 3.05) is 19.0 Å². The number of aromatic nitrogens is 4. The van der Waals surface area contributed by atoms with Gasteiger partial charge in [0.05, 0.1) is 16.6 Å². The molecule has 138 valence electrons. The molecule has 0 unspecified atom stereocenters. The van der Waals surface area contributed by atoms with Gasteiger partial charge in [-0.25, -0.2) is 15.0 Å². The van der Waals surface area contributed by atoms with Crippen molar-refractivity contribution in [1.29, 1.82) is 0 Å². The molecule has 0 saturated carbocycles. The number of thiophene rings is 1. The fourth-order valence-corrected chi connectivity index (χ4v) is 3.80. The van der Waals surface area contributed by atoms with Crippen LogP contribution in [0.4, 0.5) is 19.0 Å². The van der Waals surface area contributed by atoms with E-state index in [9.17, 15) is 18.0 Å². The van der Waals surface area contributed by atoms with Crippen molar-refractivity contribution in [3.8, 4) is 5.69 Å². The quantitative estimate of drug-likeness (QED) is 0.524. The molecule has 0 radical (unpaired) electrons. The third kappa shape index (κ3) is 2.81. The minimum atomic E-state index is -4.43. The fraction of sp³-hybridized carbons (Fsp3) is 0.176. The second kappa shape index (κ2) is 6.02. The molecular formula is C17H12F3N5OS. The lowest BCUT2D eigenvalue weighted by atomic mass is 10.2. The second-order valence-electron chi connectivity index (χ2n) is 6.02. The van der Waals surface area contributed by atoms with Gasteiger partial charge in [-0.15, -0.1) is 11.3 Å². The van der Waals surface area contributed by atoms with Crippen molar-refractivity contribution >= 4 is 37.6 Å². The largest absolute Gasteiger partial charge is 0.416 e. The molecule has 0 saturated heterocycles. The number of nitrogens with zero attached hydrogens (tertiary/aromatic N) is 5. The number of alkyl halides is 3. The zero-order chi connectivity index (χ0) is 19.3. The molecule has 0 aliphatic rings. The predicted molar refractivity (Wildman–Crippen MR) is 97.6 cm³/mol. The van der Waals surface area contributed by atoms with E-state index in [0.29, 0.717) is 31.9 Å². The van der Waals surface area contributed by atoms with Crippen LogP contribution >= 0.6 is 11.3 Å². The first-order chi connectivity index (χ1) is 12.8. The van der Waals surface area contributed by atoms with Crippen LogP contribution in [0.15, 0.2) is 41.7 Å². The van der Waals surface area contributed by atoms with Gasteiger partial charge in [0, 0.05) is 14.1 Å². The molecule has 0 aliphatic carbocycles. The van der Waals surface area contributed by atoms with Gasteiger partial charge in [0.1, 0.15) is 33.5 Å². The smallest absolute Gasteiger partial charge is 0.362 e. The van der Waals surface area contributed by atoms with Crippen molar-refractivity contribution in [1.82, 2.24) is 19.5 Å². The monoisotopic (exact) mass is 391 g/mol. The highest BCUT2D eigenvalue weighted by Crippen LogP contribution is 2.34. The van der Waals surface area contributed by atoms with Crippen LogP contribution in [0.2, 0.25) is 0 Å². The molecule has 1 aromatic carbocycles. The molecule has 6 nitrogen and oxygen atoms in total. The zero-order valence-corrected chi connectivity index (χ0v) is 15.0. The highest BCUT2D eigenvalue weighted by Gasteiger charge is 2.30. The summed E-state index contributed by atoms with van der Waals surface area (Å²) in [7, 11) is 3.66. The third-order valence-electron chi connectivity index (χ3n) is 4.05. The maximum Gasteiger partial charge on any atom is 0.416 e. The molecule has 0 atom stereocenters. The summed E-state index contributed by atoms with van der Waals surface area (Å²) in [5.74, 6) is 0.644. The second-order valence-corrected chi connectivity index (χ2v) is 7.02. The molecule has 10 heteroatoms. The molecule has 3 aromatic heterocycles. The number of benzene rings is 1. The minimum Gasteiger partial charge on any atom is -0.362 e. The SMILES string of the molecule is CN(C)c1ncnc2sc3c(=O)n(-c4ccc(C(F)(F)F)cc4)cnc3c12. The topological polar surface area (TPSA) is 63.9 Å². The highest BCUT2D eigenvalue weighted by molar-refractivity contribution is 7.25. The Hall–Kier alpha value is -3.01. The molecule has 0 fully saturated rings. The Morgan fingerprint density at radius 3 is 2.41 bits per heavy atom. The number of hydrogen-bond acceptors (Lipinski definition) is 6. The lowest BCUT2D eigenvalue weighted by molar-refractivity contribution is -0.137. The van der Waals surface area contributed by atoms with E-state index in [0.717, 1.165) is 12.1 Å². The maximum absolute atomic E-state index is 12.9. The van der Waals surface area contributed by atoms with Gasteiger partial charge in [-0.1, -0.05) is 0 Å². The summed E-state index contributed by atoms with van der Waals surface area (Å²) in [6.07, 6.45) is -1.70. The standard InChI is InChI=1S/C17H12F3N5OS/c1-24(2)14-11-12-13(27-15(11)22-7-21-14)16(26)25(8-23-12)10-5-3-9(4-6-10)17(18,19)20/h3-8H,1-2H3. The minimum absolute atomic E-state index is 0.304. The van der Waals surface area contributed by atoms with Crippen molar-refractivity contribution < 1.29 is 13.2 Å². The lowest BCUT2D eigenvalue weighted by Gasteiger charge is -2.11. The van der Waals surface area contributed by atoms with Crippen molar-refractivity contribution in [3.63, 3.8) is 0 Å². The van der Waals surface area contributed by atoms with Crippen LogP contribution in [-0.2, 0) is 6.18 Å². The molecular weight excluding hydrogens is 379 g/mol. The van der Waals surface area contributed by atoms with E-state index in [1.807, 2.05) is 14.1 Å². The lowest BCUT2D eigenvalue weighted by Crippen LogP contribution is -2.18. The summed E-state index contributed by atoms with van der Waals surface area (Å²) < 4.78 is 39.8. The molecule has 0 N–H and O–H groups in total. The van der Waals surface area contributed by atoms with E-state index >= 15 is 0 Å². The average molecular weight is 391 g/mol. The van der Waals surface area contributed by atoms with Crippen LogP contribution in [0.5, 0.6) is 0 Å².